The molecule has 0 saturated heterocycles. The molecule has 0 radical (unpaired) electrons. The molecule has 6 heteroatoms. The molecule has 25 heavy (non-hydrogen) atoms. The first-order valence-corrected chi connectivity index (χ1v) is 8.21. The molecular formula is C19H18N4O2. The highest BCUT2D eigenvalue weighted by Crippen LogP contribution is 2.36. The van der Waals surface area contributed by atoms with E-state index in [-0.39, 0.29) is 12.5 Å². The predicted octanol–water partition coefficient (Wildman–Crippen LogP) is 1.83. The van der Waals surface area contributed by atoms with Crippen LogP contribution in [0.15, 0.2) is 60.9 Å². The van der Waals surface area contributed by atoms with Crippen LogP contribution in [0.3, 0.4) is 0 Å². The Kier molecular flexibility index (Phi) is 3.82. The number of fused-ring (bicyclic) bond motifs is 1. The second-order valence-corrected chi connectivity index (χ2v) is 6.27. The quantitative estimate of drug-likeness (QED) is 0.763. The molecular weight excluding hydrogens is 316 g/mol. The third-order valence-electron chi connectivity index (χ3n) is 4.68. The number of rotatable bonds is 4. The first-order valence-electron chi connectivity index (χ1n) is 8.21. The zero-order valence-electron chi connectivity index (χ0n) is 13.6. The molecule has 0 saturated carbocycles. The Labute approximate surface area is 145 Å². The van der Waals surface area contributed by atoms with E-state index in [2.05, 4.69) is 15.6 Å². The van der Waals surface area contributed by atoms with Gasteiger partial charge in [0.05, 0.1) is 24.6 Å². The van der Waals surface area contributed by atoms with Gasteiger partial charge in [-0.25, -0.2) is 4.68 Å². The van der Waals surface area contributed by atoms with Gasteiger partial charge in [-0.05, 0) is 48.2 Å². The van der Waals surface area contributed by atoms with E-state index in [9.17, 15) is 9.90 Å². The largest absolute Gasteiger partial charge is 0.383 e. The SMILES string of the molecule is O=C(NCC1(O)CCc2ccccc21)c1ccc(-n2ccnn2)cc1. The molecule has 1 unspecified atom stereocenters. The van der Waals surface area contributed by atoms with Crippen LogP contribution in [0.5, 0.6) is 0 Å². The van der Waals surface area contributed by atoms with Gasteiger partial charge < -0.3 is 10.4 Å². The Hall–Kier alpha value is -2.99. The van der Waals surface area contributed by atoms with E-state index in [1.165, 1.54) is 0 Å². The molecule has 0 fully saturated rings. The number of hydrogen-bond donors (Lipinski definition) is 2. The molecule has 4 rings (SSSR count). The second-order valence-electron chi connectivity index (χ2n) is 6.27. The van der Waals surface area contributed by atoms with Crippen molar-refractivity contribution in [1.29, 1.82) is 0 Å². The molecule has 1 aliphatic carbocycles. The summed E-state index contributed by atoms with van der Waals surface area (Å²) in [5.41, 5.74) is 2.44. The molecule has 6 nitrogen and oxygen atoms in total. The molecule has 1 amide bonds. The summed E-state index contributed by atoms with van der Waals surface area (Å²) in [6.45, 7) is 0.202. The molecule has 3 aromatic rings. The van der Waals surface area contributed by atoms with E-state index in [0.29, 0.717) is 12.0 Å². The minimum absolute atomic E-state index is 0.202. The van der Waals surface area contributed by atoms with E-state index in [1.54, 1.807) is 29.2 Å². The molecule has 2 N–H and O–H groups in total. The highest BCUT2D eigenvalue weighted by Gasteiger charge is 2.36. The molecule has 1 atom stereocenters. The fourth-order valence-corrected chi connectivity index (χ4v) is 3.29. The predicted molar refractivity (Wildman–Crippen MR) is 92.4 cm³/mol. The number of nitrogens with zero attached hydrogens (tertiary/aromatic N) is 3. The van der Waals surface area contributed by atoms with Gasteiger partial charge in [0.15, 0.2) is 0 Å². The third-order valence-corrected chi connectivity index (χ3v) is 4.68. The van der Waals surface area contributed by atoms with Gasteiger partial charge in [-0.3, -0.25) is 4.79 Å². The maximum absolute atomic E-state index is 12.4. The van der Waals surface area contributed by atoms with Gasteiger partial charge in [0.25, 0.3) is 5.91 Å². The number of carbonyl (C=O) groups is 1. The van der Waals surface area contributed by atoms with E-state index < -0.39 is 5.60 Å². The van der Waals surface area contributed by atoms with Gasteiger partial charge in [-0.1, -0.05) is 29.5 Å². The summed E-state index contributed by atoms with van der Waals surface area (Å²) in [5.74, 6) is -0.206. The van der Waals surface area contributed by atoms with Gasteiger partial charge >= 0.3 is 0 Å². The zero-order valence-corrected chi connectivity index (χ0v) is 13.6. The van der Waals surface area contributed by atoms with Crippen molar-refractivity contribution in [2.75, 3.05) is 6.54 Å². The lowest BCUT2D eigenvalue weighted by Gasteiger charge is -2.24. The van der Waals surface area contributed by atoms with Crippen LogP contribution in [0.4, 0.5) is 0 Å². The molecule has 1 aliphatic rings. The van der Waals surface area contributed by atoms with Gasteiger partial charge in [0.1, 0.15) is 5.60 Å². The van der Waals surface area contributed by atoms with Crippen molar-refractivity contribution < 1.29 is 9.90 Å². The second kappa shape index (κ2) is 6.14. The summed E-state index contributed by atoms with van der Waals surface area (Å²) in [4.78, 5) is 12.4. The Morgan fingerprint density at radius 1 is 1.20 bits per heavy atom. The van der Waals surface area contributed by atoms with E-state index in [0.717, 1.165) is 23.2 Å². The Morgan fingerprint density at radius 3 is 2.76 bits per heavy atom. The lowest BCUT2D eigenvalue weighted by atomic mass is 9.96. The summed E-state index contributed by atoms with van der Waals surface area (Å²) >= 11 is 0. The summed E-state index contributed by atoms with van der Waals surface area (Å²) in [6, 6.07) is 14.9. The number of carbonyl (C=O) groups excluding carboxylic acids is 1. The van der Waals surface area contributed by atoms with Crippen LogP contribution in [0.25, 0.3) is 5.69 Å². The van der Waals surface area contributed by atoms with Crippen molar-refractivity contribution in [3.8, 4) is 5.69 Å². The van der Waals surface area contributed by atoms with Gasteiger partial charge in [0.2, 0.25) is 0 Å². The number of amides is 1. The fourth-order valence-electron chi connectivity index (χ4n) is 3.29. The number of benzene rings is 2. The van der Waals surface area contributed by atoms with Crippen molar-refractivity contribution in [2.24, 2.45) is 0 Å². The molecule has 0 spiro atoms. The van der Waals surface area contributed by atoms with Crippen molar-refractivity contribution in [2.45, 2.75) is 18.4 Å². The molecule has 1 heterocycles. The number of hydrogen-bond acceptors (Lipinski definition) is 4. The van der Waals surface area contributed by atoms with E-state index in [1.807, 2.05) is 36.4 Å². The number of nitrogens with one attached hydrogen (secondary N) is 1. The minimum Gasteiger partial charge on any atom is -0.383 e. The first kappa shape index (κ1) is 15.5. The smallest absolute Gasteiger partial charge is 0.251 e. The topological polar surface area (TPSA) is 80.0 Å². The fraction of sp³-hybridized carbons (Fsp3) is 0.211. The maximum atomic E-state index is 12.4. The van der Waals surface area contributed by atoms with Crippen LogP contribution in [0.1, 0.15) is 27.9 Å². The average molecular weight is 334 g/mol. The molecule has 2 aromatic carbocycles. The first-order chi connectivity index (χ1) is 12.2. The number of aliphatic hydroxyl groups is 1. The van der Waals surface area contributed by atoms with Crippen LogP contribution in [-0.2, 0) is 12.0 Å². The summed E-state index contributed by atoms with van der Waals surface area (Å²) < 4.78 is 1.62. The van der Waals surface area contributed by atoms with E-state index >= 15 is 0 Å². The van der Waals surface area contributed by atoms with Crippen LogP contribution < -0.4 is 5.32 Å². The van der Waals surface area contributed by atoms with Crippen molar-refractivity contribution in [1.82, 2.24) is 20.3 Å². The van der Waals surface area contributed by atoms with Gasteiger partial charge in [0, 0.05) is 5.56 Å². The Morgan fingerprint density at radius 2 is 2.00 bits per heavy atom. The highest BCUT2D eigenvalue weighted by atomic mass is 16.3. The lowest BCUT2D eigenvalue weighted by Crippen LogP contribution is -2.39. The van der Waals surface area contributed by atoms with Crippen LogP contribution in [0.2, 0.25) is 0 Å². The van der Waals surface area contributed by atoms with Crippen LogP contribution >= 0.6 is 0 Å². The third kappa shape index (κ3) is 2.92. The van der Waals surface area contributed by atoms with E-state index in [4.69, 9.17) is 0 Å². The van der Waals surface area contributed by atoms with Gasteiger partial charge in [-0.15, -0.1) is 5.10 Å². The highest BCUT2D eigenvalue weighted by molar-refractivity contribution is 5.94. The minimum atomic E-state index is -0.993. The normalized spacial score (nSPS) is 18.8. The standard InChI is InChI=1S/C19H18N4O2/c24-18(15-5-7-16(8-6-15)23-12-11-21-22-23)20-13-19(25)10-9-14-3-1-2-4-17(14)19/h1-8,11-12,25H,9-10,13H2,(H,20,24). The number of aryl methyl sites for hydroxylation is 1. The zero-order chi connectivity index (χ0) is 17.3. The Balaban J connectivity index is 1.44. The maximum Gasteiger partial charge on any atom is 0.251 e. The van der Waals surface area contributed by atoms with Crippen molar-refractivity contribution in [3.63, 3.8) is 0 Å². The van der Waals surface area contributed by atoms with Crippen LogP contribution in [0, 0.1) is 0 Å². The average Bonchev–Trinajstić information content (AvgIpc) is 3.30. The van der Waals surface area contributed by atoms with Gasteiger partial charge in [-0.2, -0.15) is 0 Å². The summed E-state index contributed by atoms with van der Waals surface area (Å²) in [7, 11) is 0. The molecule has 0 bridgehead atoms. The van der Waals surface area contributed by atoms with Crippen molar-refractivity contribution >= 4 is 5.91 Å². The van der Waals surface area contributed by atoms with Crippen molar-refractivity contribution in [3.05, 3.63) is 77.6 Å². The lowest BCUT2D eigenvalue weighted by molar-refractivity contribution is 0.0369. The molecule has 0 aliphatic heterocycles. The molecule has 1 aromatic heterocycles. The monoisotopic (exact) mass is 334 g/mol. The Bertz CT molecular complexity index is 890. The summed E-state index contributed by atoms with van der Waals surface area (Å²) in [5, 5.41) is 21.4. The molecule has 126 valence electrons. The van der Waals surface area contributed by atoms with Crippen LogP contribution in [-0.4, -0.2) is 32.6 Å². The summed E-state index contributed by atoms with van der Waals surface area (Å²) in [6.07, 6.45) is 4.79. The number of aromatic nitrogens is 3.